The van der Waals surface area contributed by atoms with E-state index in [0.717, 1.165) is 25.5 Å². The van der Waals surface area contributed by atoms with Crippen LogP contribution in [0.4, 0.5) is 5.69 Å². The van der Waals surface area contributed by atoms with E-state index in [2.05, 4.69) is 38.5 Å². The van der Waals surface area contributed by atoms with Crippen LogP contribution in [0, 0.1) is 0 Å². The Morgan fingerprint density at radius 2 is 1.63 bits per heavy atom. The zero-order valence-electron chi connectivity index (χ0n) is 15.9. The van der Waals surface area contributed by atoms with Crippen LogP contribution < -0.4 is 10.7 Å². The Kier molecular flexibility index (Phi) is 6.30. The van der Waals surface area contributed by atoms with Crippen LogP contribution >= 0.6 is 27.7 Å². The number of aryl methyl sites for hydroxylation is 1. The van der Waals surface area contributed by atoms with E-state index >= 15 is 0 Å². The lowest BCUT2D eigenvalue weighted by atomic mass is 10.2. The van der Waals surface area contributed by atoms with Gasteiger partial charge in [0.1, 0.15) is 0 Å². The summed E-state index contributed by atoms with van der Waals surface area (Å²) in [6.07, 6.45) is 1.55. The molecule has 0 aliphatic carbocycles. The second-order valence-electron chi connectivity index (χ2n) is 6.63. The monoisotopic (exact) mass is 479 g/mol. The number of halogens is 1. The second kappa shape index (κ2) is 9.28. The molecule has 0 atom stereocenters. The summed E-state index contributed by atoms with van der Waals surface area (Å²) < 4.78 is 2.74. The highest BCUT2D eigenvalue weighted by Crippen LogP contribution is 2.29. The van der Waals surface area contributed by atoms with Crippen molar-refractivity contribution >= 4 is 50.2 Å². The summed E-state index contributed by atoms with van der Waals surface area (Å²) in [5.74, 6) is -0.104. The molecule has 0 spiro atoms. The summed E-state index contributed by atoms with van der Waals surface area (Å²) in [4.78, 5) is 26.5. The van der Waals surface area contributed by atoms with Crippen molar-refractivity contribution in [3.63, 3.8) is 0 Å². The zero-order chi connectivity index (χ0) is 20.9. The van der Waals surface area contributed by atoms with Crippen molar-refractivity contribution in [1.29, 1.82) is 0 Å². The molecule has 0 unspecified atom stereocenters. The number of para-hydroxylation sites is 1. The number of fused-ring (bicyclic) bond motifs is 1. The van der Waals surface area contributed by atoms with Gasteiger partial charge in [0.15, 0.2) is 0 Å². The predicted octanol–water partition coefficient (Wildman–Crippen LogP) is 5.34. The van der Waals surface area contributed by atoms with Gasteiger partial charge in [-0.3, -0.25) is 14.3 Å². The lowest BCUT2D eigenvalue weighted by molar-refractivity contribution is -0.116. The van der Waals surface area contributed by atoms with Gasteiger partial charge in [0.05, 0.1) is 18.3 Å². The Bertz CT molecular complexity index is 1240. The molecule has 150 valence electrons. The molecule has 1 N–H and O–H groups in total. The molecule has 1 aromatic heterocycles. The minimum absolute atomic E-state index is 0.104. The number of nitrogens with one attached hydrogen (secondary N) is 1. The molecule has 3 aromatic carbocycles. The lowest BCUT2D eigenvalue weighted by Crippen LogP contribution is -2.18. The summed E-state index contributed by atoms with van der Waals surface area (Å²) >= 11 is 5.10. The molecule has 0 saturated heterocycles. The number of carbonyl (C=O) groups excluding carboxylic acids is 1. The van der Waals surface area contributed by atoms with Gasteiger partial charge in [0.2, 0.25) is 11.3 Å². The van der Waals surface area contributed by atoms with Crippen molar-refractivity contribution in [3.05, 3.63) is 93.7 Å². The number of aromatic nitrogens is 2. The molecule has 0 aliphatic rings. The van der Waals surface area contributed by atoms with Gasteiger partial charge < -0.3 is 5.32 Å². The van der Waals surface area contributed by atoms with Gasteiger partial charge in [-0.2, -0.15) is 5.10 Å². The lowest BCUT2D eigenvalue weighted by Gasteiger charge is -2.10. The van der Waals surface area contributed by atoms with Gasteiger partial charge in [-0.25, -0.2) is 0 Å². The van der Waals surface area contributed by atoms with E-state index in [4.69, 9.17) is 0 Å². The Balaban J connectivity index is 1.36. The van der Waals surface area contributed by atoms with E-state index < -0.39 is 0 Å². The molecule has 0 radical (unpaired) electrons. The standard InChI is InChI=1S/C23H18BrN3O2S/c24-16-5-9-18(10-6-16)30-19-11-7-17(8-12-19)26-23(29)13-14-27-21-4-2-1-3-20(21)22(28)15-25-27/h1-12,15H,13-14H2,(H,26,29). The molecule has 5 nitrogen and oxygen atoms in total. The number of hydrogen-bond donors (Lipinski definition) is 1. The fraction of sp³-hybridized carbons (Fsp3) is 0.0870. The van der Waals surface area contributed by atoms with Crippen molar-refractivity contribution in [2.24, 2.45) is 0 Å². The third-order valence-electron chi connectivity index (χ3n) is 4.50. The molecular formula is C23H18BrN3O2S. The highest BCUT2D eigenvalue weighted by Gasteiger charge is 2.07. The highest BCUT2D eigenvalue weighted by molar-refractivity contribution is 9.10. The zero-order valence-corrected chi connectivity index (χ0v) is 18.3. The van der Waals surface area contributed by atoms with E-state index in [1.54, 1.807) is 22.5 Å². The van der Waals surface area contributed by atoms with Gasteiger partial charge >= 0.3 is 0 Å². The smallest absolute Gasteiger partial charge is 0.226 e. The molecule has 0 saturated carbocycles. The third kappa shape index (κ3) is 4.98. The fourth-order valence-corrected chi connectivity index (χ4v) is 4.10. The minimum Gasteiger partial charge on any atom is -0.326 e. The molecule has 1 amide bonds. The maximum Gasteiger partial charge on any atom is 0.226 e. The summed E-state index contributed by atoms with van der Waals surface area (Å²) in [6.45, 7) is 0.393. The number of amides is 1. The number of carbonyl (C=O) groups is 1. The second-order valence-corrected chi connectivity index (χ2v) is 8.69. The largest absolute Gasteiger partial charge is 0.326 e. The number of benzene rings is 3. The van der Waals surface area contributed by atoms with E-state index in [1.807, 2.05) is 54.6 Å². The van der Waals surface area contributed by atoms with Crippen LogP contribution in [0.15, 0.2) is 98.1 Å². The maximum absolute atomic E-state index is 12.4. The van der Waals surface area contributed by atoms with Gasteiger partial charge in [-0.15, -0.1) is 0 Å². The van der Waals surface area contributed by atoms with Crippen LogP contribution in [0.25, 0.3) is 10.9 Å². The van der Waals surface area contributed by atoms with Crippen LogP contribution in [0.5, 0.6) is 0 Å². The fourth-order valence-electron chi connectivity index (χ4n) is 3.02. The first kappa shape index (κ1) is 20.4. The minimum atomic E-state index is -0.118. The van der Waals surface area contributed by atoms with Gasteiger partial charge in [0.25, 0.3) is 0 Å². The summed E-state index contributed by atoms with van der Waals surface area (Å²) in [5.41, 5.74) is 1.36. The van der Waals surface area contributed by atoms with Crippen molar-refractivity contribution in [3.8, 4) is 0 Å². The van der Waals surface area contributed by atoms with Crippen LogP contribution in [-0.4, -0.2) is 15.7 Å². The van der Waals surface area contributed by atoms with Crippen molar-refractivity contribution in [2.75, 3.05) is 5.32 Å². The quantitative estimate of drug-likeness (QED) is 0.405. The predicted molar refractivity (Wildman–Crippen MR) is 124 cm³/mol. The van der Waals surface area contributed by atoms with E-state index in [9.17, 15) is 9.59 Å². The summed E-state index contributed by atoms with van der Waals surface area (Å²) in [7, 11) is 0. The normalized spacial score (nSPS) is 10.8. The average molecular weight is 480 g/mol. The van der Waals surface area contributed by atoms with Crippen molar-refractivity contribution in [1.82, 2.24) is 9.78 Å². The summed E-state index contributed by atoms with van der Waals surface area (Å²) in [5, 5.41) is 7.68. The number of nitrogens with zero attached hydrogens (tertiary/aromatic N) is 2. The number of hydrogen-bond acceptors (Lipinski definition) is 4. The average Bonchev–Trinajstić information content (AvgIpc) is 2.76. The highest BCUT2D eigenvalue weighted by atomic mass is 79.9. The van der Waals surface area contributed by atoms with Gasteiger partial charge in [-0.1, -0.05) is 39.8 Å². The van der Waals surface area contributed by atoms with E-state index in [0.29, 0.717) is 11.9 Å². The molecular weight excluding hydrogens is 462 g/mol. The topological polar surface area (TPSA) is 64.0 Å². The van der Waals surface area contributed by atoms with Gasteiger partial charge in [-0.05, 0) is 60.7 Å². The Labute approximate surface area is 186 Å². The first-order valence-electron chi connectivity index (χ1n) is 9.37. The van der Waals surface area contributed by atoms with Gasteiger partial charge in [0, 0.05) is 31.8 Å². The van der Waals surface area contributed by atoms with Crippen LogP contribution in [0.3, 0.4) is 0 Å². The van der Waals surface area contributed by atoms with Crippen molar-refractivity contribution < 1.29 is 4.79 Å². The third-order valence-corrected chi connectivity index (χ3v) is 6.04. The molecule has 0 bridgehead atoms. The van der Waals surface area contributed by atoms with Crippen LogP contribution in [0.1, 0.15) is 6.42 Å². The first-order valence-corrected chi connectivity index (χ1v) is 11.0. The first-order chi connectivity index (χ1) is 14.6. The molecule has 0 aliphatic heterocycles. The molecule has 7 heteroatoms. The van der Waals surface area contributed by atoms with Crippen LogP contribution in [-0.2, 0) is 11.3 Å². The summed E-state index contributed by atoms with van der Waals surface area (Å²) in [6, 6.07) is 23.2. The Morgan fingerprint density at radius 3 is 2.37 bits per heavy atom. The van der Waals surface area contributed by atoms with E-state index in [1.165, 1.54) is 6.20 Å². The Morgan fingerprint density at radius 1 is 0.967 bits per heavy atom. The SMILES string of the molecule is O=C(CCn1ncc(=O)c2ccccc21)Nc1ccc(Sc2ccc(Br)cc2)cc1. The molecule has 1 heterocycles. The number of rotatable bonds is 6. The Hall–Kier alpha value is -2.90. The van der Waals surface area contributed by atoms with Crippen molar-refractivity contribution in [2.45, 2.75) is 22.8 Å². The molecule has 4 rings (SSSR count). The molecule has 4 aromatic rings. The van der Waals surface area contributed by atoms with E-state index in [-0.39, 0.29) is 17.8 Å². The number of anilines is 1. The maximum atomic E-state index is 12.4. The molecule has 30 heavy (non-hydrogen) atoms. The molecule has 0 fully saturated rings. The van der Waals surface area contributed by atoms with Crippen LogP contribution in [0.2, 0.25) is 0 Å².